The molecule has 25 heavy (non-hydrogen) atoms. The van der Waals surface area contributed by atoms with Crippen molar-refractivity contribution in [3.63, 3.8) is 0 Å². The third-order valence-corrected chi connectivity index (χ3v) is 4.32. The molecule has 0 heterocycles. The van der Waals surface area contributed by atoms with Crippen molar-refractivity contribution in [1.29, 1.82) is 0 Å². The van der Waals surface area contributed by atoms with E-state index in [0.29, 0.717) is 27.4 Å². The maximum Gasteiger partial charge on any atom is 0.255 e. The molecule has 0 fully saturated rings. The van der Waals surface area contributed by atoms with Crippen molar-refractivity contribution in [2.24, 2.45) is 0 Å². The second-order valence-corrected chi connectivity index (χ2v) is 6.24. The Balaban J connectivity index is 2.17. The van der Waals surface area contributed by atoms with Gasteiger partial charge >= 0.3 is 0 Å². The number of hydrogen-bond donors (Lipinski definition) is 3. The first-order valence-electron chi connectivity index (χ1n) is 7.26. The van der Waals surface area contributed by atoms with Crippen molar-refractivity contribution in [2.75, 3.05) is 10.6 Å². The topological polar surface area (TPSA) is 78.4 Å². The van der Waals surface area contributed by atoms with E-state index in [9.17, 15) is 14.7 Å². The summed E-state index contributed by atoms with van der Waals surface area (Å²) in [5, 5.41) is 15.6. The van der Waals surface area contributed by atoms with Crippen LogP contribution in [0.2, 0.25) is 10.0 Å². The Morgan fingerprint density at radius 3 is 2.28 bits per heavy atom. The van der Waals surface area contributed by atoms with Gasteiger partial charge in [0.15, 0.2) is 5.75 Å². The van der Waals surface area contributed by atoms with Crippen LogP contribution in [0.5, 0.6) is 5.75 Å². The van der Waals surface area contributed by atoms with Gasteiger partial charge in [-0.05, 0) is 49.7 Å². The van der Waals surface area contributed by atoms with Gasteiger partial charge in [0.1, 0.15) is 0 Å². The second kappa shape index (κ2) is 7.59. The number of halogens is 2. The first-order valence-corrected chi connectivity index (χ1v) is 8.02. The summed E-state index contributed by atoms with van der Waals surface area (Å²) < 4.78 is 0. The summed E-state index contributed by atoms with van der Waals surface area (Å²) in [4.78, 5) is 23.9. The number of benzene rings is 2. The van der Waals surface area contributed by atoms with Crippen molar-refractivity contribution >= 4 is 46.4 Å². The molecule has 0 aliphatic carbocycles. The fourth-order valence-corrected chi connectivity index (χ4v) is 2.39. The molecule has 2 rings (SSSR count). The zero-order valence-electron chi connectivity index (χ0n) is 13.6. The summed E-state index contributed by atoms with van der Waals surface area (Å²) in [5.74, 6) is -1.00. The van der Waals surface area contributed by atoms with Crippen molar-refractivity contribution in [3.8, 4) is 5.75 Å². The second-order valence-electron chi connectivity index (χ2n) is 5.46. The van der Waals surface area contributed by atoms with E-state index >= 15 is 0 Å². The van der Waals surface area contributed by atoms with Gasteiger partial charge in [-0.3, -0.25) is 9.59 Å². The predicted molar refractivity (Wildman–Crippen MR) is 101 cm³/mol. The average molecular weight is 379 g/mol. The molecule has 130 valence electrons. The molecule has 2 amide bonds. The largest absolute Gasteiger partial charge is 0.504 e. The van der Waals surface area contributed by atoms with Crippen LogP contribution in [0.3, 0.4) is 0 Å². The molecule has 0 spiro atoms. The highest BCUT2D eigenvalue weighted by molar-refractivity contribution is 6.37. The van der Waals surface area contributed by atoms with Gasteiger partial charge in [-0.2, -0.15) is 0 Å². The van der Waals surface area contributed by atoms with Crippen molar-refractivity contribution in [2.45, 2.75) is 13.8 Å². The summed E-state index contributed by atoms with van der Waals surface area (Å²) in [7, 11) is 0. The Bertz CT molecular complexity index is 862. The summed E-state index contributed by atoms with van der Waals surface area (Å²) in [5.41, 5.74) is 1.89. The van der Waals surface area contributed by atoms with Gasteiger partial charge in [-0.15, -0.1) is 0 Å². The Morgan fingerprint density at radius 1 is 1.12 bits per heavy atom. The van der Waals surface area contributed by atoms with Crippen LogP contribution in [-0.4, -0.2) is 16.9 Å². The van der Waals surface area contributed by atoms with Crippen molar-refractivity contribution in [1.82, 2.24) is 0 Å². The number of nitrogens with one attached hydrogen (secondary N) is 2. The maximum absolute atomic E-state index is 12.3. The number of amides is 2. The predicted octanol–water partition coefficient (Wildman–Crippen LogP) is 4.77. The fraction of sp³-hybridized carbons (Fsp3) is 0.111. The minimum absolute atomic E-state index is 0.0839. The highest BCUT2D eigenvalue weighted by Gasteiger charge is 2.15. The third-order valence-electron chi connectivity index (χ3n) is 3.46. The number of carbonyl (C=O) groups excluding carboxylic acids is 2. The van der Waals surface area contributed by atoms with Crippen LogP contribution in [0.15, 0.2) is 42.5 Å². The normalized spacial score (nSPS) is 10.2. The van der Waals surface area contributed by atoms with Gasteiger partial charge in [0.2, 0.25) is 0 Å². The number of phenolic OH excluding ortho intramolecular Hbond substituents is 1. The van der Waals surface area contributed by atoms with Crippen LogP contribution in [0.4, 0.5) is 11.4 Å². The molecular weight excluding hydrogens is 363 g/mol. The fourth-order valence-electron chi connectivity index (χ4n) is 1.94. The first kappa shape index (κ1) is 18.8. The number of anilines is 2. The summed E-state index contributed by atoms with van der Waals surface area (Å²) in [6.07, 6.45) is 0. The van der Waals surface area contributed by atoms with E-state index in [1.54, 1.807) is 26.0 Å². The van der Waals surface area contributed by atoms with Gasteiger partial charge in [0, 0.05) is 21.8 Å². The molecule has 0 unspecified atom stereocenters. The Labute approximate surface area is 155 Å². The number of carbonyl (C=O) groups is 2. The van der Waals surface area contributed by atoms with Crippen LogP contribution >= 0.6 is 23.2 Å². The Hall–Kier alpha value is -2.50. The Morgan fingerprint density at radius 2 is 1.72 bits per heavy atom. The monoisotopic (exact) mass is 378 g/mol. The van der Waals surface area contributed by atoms with Crippen LogP contribution in [0.25, 0.3) is 0 Å². The summed E-state index contributed by atoms with van der Waals surface area (Å²) in [6.45, 7) is 6.81. The van der Waals surface area contributed by atoms with Crippen LogP contribution in [-0.2, 0) is 4.79 Å². The summed E-state index contributed by atoms with van der Waals surface area (Å²) in [6, 6.07) is 7.68. The minimum Gasteiger partial charge on any atom is -0.504 e. The van der Waals surface area contributed by atoms with Crippen LogP contribution in [0, 0.1) is 6.92 Å². The van der Waals surface area contributed by atoms with E-state index in [4.69, 9.17) is 23.2 Å². The lowest BCUT2D eigenvalue weighted by atomic mass is 10.1. The molecule has 0 saturated heterocycles. The quantitative estimate of drug-likeness (QED) is 0.529. The van der Waals surface area contributed by atoms with Gasteiger partial charge in [0.05, 0.1) is 10.7 Å². The molecule has 0 aliphatic rings. The Kier molecular flexibility index (Phi) is 5.72. The molecule has 2 aromatic rings. The van der Waals surface area contributed by atoms with Gasteiger partial charge in [-0.25, -0.2) is 0 Å². The van der Waals surface area contributed by atoms with Crippen molar-refractivity contribution < 1.29 is 14.7 Å². The highest BCUT2D eigenvalue weighted by atomic mass is 35.5. The number of rotatable bonds is 4. The van der Waals surface area contributed by atoms with Crippen LogP contribution in [0.1, 0.15) is 22.8 Å². The molecule has 0 aromatic heterocycles. The number of phenols is 1. The molecule has 5 nitrogen and oxygen atoms in total. The maximum atomic E-state index is 12.3. The molecule has 0 bridgehead atoms. The molecule has 0 radical (unpaired) electrons. The van der Waals surface area contributed by atoms with E-state index in [1.165, 1.54) is 18.2 Å². The van der Waals surface area contributed by atoms with Gasteiger partial charge < -0.3 is 15.7 Å². The lowest BCUT2D eigenvalue weighted by molar-refractivity contribution is -0.112. The van der Waals surface area contributed by atoms with E-state index in [1.807, 2.05) is 0 Å². The van der Waals surface area contributed by atoms with Gasteiger partial charge in [0.25, 0.3) is 11.8 Å². The zero-order valence-corrected chi connectivity index (χ0v) is 15.1. The first-order chi connectivity index (χ1) is 11.7. The smallest absolute Gasteiger partial charge is 0.255 e. The van der Waals surface area contributed by atoms with E-state index in [-0.39, 0.29) is 22.4 Å². The van der Waals surface area contributed by atoms with Gasteiger partial charge in [-0.1, -0.05) is 29.8 Å². The molecule has 0 aliphatic heterocycles. The number of aromatic hydroxyl groups is 1. The minimum atomic E-state index is -0.455. The standard InChI is InChI=1S/C18H16Cl2N2O3/c1-9(2)17(24)21-12-6-4-11(5-7-12)18(25)22-14-8-13(19)10(3)15(20)16(14)23/h4-8,23H,1H2,2-3H3,(H,21,24)(H,22,25). The lowest BCUT2D eigenvalue weighted by Gasteiger charge is -2.12. The molecule has 7 heteroatoms. The lowest BCUT2D eigenvalue weighted by Crippen LogP contribution is -2.14. The van der Waals surface area contributed by atoms with Crippen LogP contribution < -0.4 is 10.6 Å². The number of hydrogen-bond acceptors (Lipinski definition) is 3. The van der Waals surface area contributed by atoms with E-state index in [2.05, 4.69) is 17.2 Å². The molecular formula is C18H16Cl2N2O3. The van der Waals surface area contributed by atoms with E-state index in [0.717, 1.165) is 0 Å². The molecule has 3 N–H and O–H groups in total. The molecule has 2 aromatic carbocycles. The highest BCUT2D eigenvalue weighted by Crippen LogP contribution is 2.38. The third kappa shape index (κ3) is 4.32. The SMILES string of the molecule is C=C(C)C(=O)Nc1ccc(C(=O)Nc2cc(Cl)c(C)c(Cl)c2O)cc1. The molecule has 0 atom stereocenters. The zero-order chi connectivity index (χ0) is 18.7. The molecule has 0 saturated carbocycles. The van der Waals surface area contributed by atoms with Crippen molar-refractivity contribution in [3.05, 3.63) is 63.7 Å². The van der Waals surface area contributed by atoms with E-state index < -0.39 is 5.91 Å². The average Bonchev–Trinajstić information content (AvgIpc) is 2.58. The summed E-state index contributed by atoms with van der Waals surface area (Å²) >= 11 is 12.0.